The Morgan fingerprint density at radius 3 is 2.19 bits per heavy atom. The fourth-order valence-corrected chi connectivity index (χ4v) is 3.37. The lowest BCUT2D eigenvalue weighted by molar-refractivity contribution is -0.384. The van der Waals surface area contributed by atoms with Crippen LogP contribution in [-0.4, -0.2) is 47.7 Å². The van der Waals surface area contributed by atoms with Crippen LogP contribution in [-0.2, 0) is 6.18 Å². The number of nitro benzene ring substituents is 1. The van der Waals surface area contributed by atoms with Gasteiger partial charge in [-0.2, -0.15) is 13.2 Å². The third-order valence-corrected chi connectivity index (χ3v) is 5.01. The van der Waals surface area contributed by atoms with E-state index < -0.39 is 39.6 Å². The van der Waals surface area contributed by atoms with Gasteiger partial charge in [0.2, 0.25) is 0 Å². The van der Waals surface area contributed by atoms with Crippen molar-refractivity contribution in [3.8, 4) is 0 Å². The molecule has 164 valence electrons. The normalized spacial score (nSPS) is 14.5. The van der Waals surface area contributed by atoms with E-state index in [9.17, 15) is 37.3 Å². The van der Waals surface area contributed by atoms with E-state index in [-0.39, 0.29) is 43.2 Å². The number of anilines is 1. The Bertz CT molecular complexity index is 1050. The molecule has 1 amide bonds. The van der Waals surface area contributed by atoms with Crippen molar-refractivity contribution >= 4 is 23.1 Å². The van der Waals surface area contributed by atoms with Gasteiger partial charge >= 0.3 is 6.18 Å². The van der Waals surface area contributed by atoms with E-state index in [0.717, 1.165) is 11.0 Å². The minimum atomic E-state index is -4.86. The summed E-state index contributed by atoms with van der Waals surface area (Å²) in [5.74, 6) is -1.90. The van der Waals surface area contributed by atoms with E-state index in [1.54, 1.807) is 4.90 Å². The number of carbonyl (C=O) groups excluding carboxylic acids is 2. The molecule has 2 aromatic carbocycles. The van der Waals surface area contributed by atoms with Crippen molar-refractivity contribution in [3.05, 3.63) is 69.0 Å². The van der Waals surface area contributed by atoms with E-state index in [2.05, 4.69) is 0 Å². The topological polar surface area (TPSA) is 83.8 Å². The maximum Gasteiger partial charge on any atom is 0.417 e. The summed E-state index contributed by atoms with van der Waals surface area (Å²) >= 11 is 0. The number of hydrogen-bond donors (Lipinski definition) is 0. The first-order valence-electron chi connectivity index (χ1n) is 9.19. The standard InChI is InChI=1S/C20H17F4N3O4/c1-12(28)13-2-5-18(17(21)10-13)25-6-8-26(9-7-25)19(29)15-11-14(27(30)31)3-4-16(15)20(22,23)24/h2-5,10-11H,6-9H2,1H3. The molecular formula is C20H17F4N3O4. The SMILES string of the molecule is CC(=O)c1ccc(N2CCN(C(=O)c3cc([N+](=O)[O-])ccc3C(F)(F)F)CC2)c(F)c1. The van der Waals surface area contributed by atoms with Crippen LogP contribution in [0.4, 0.5) is 28.9 Å². The van der Waals surface area contributed by atoms with Crippen LogP contribution in [0.15, 0.2) is 36.4 Å². The summed E-state index contributed by atoms with van der Waals surface area (Å²) in [5, 5.41) is 10.9. The zero-order valence-electron chi connectivity index (χ0n) is 16.3. The number of halogens is 4. The van der Waals surface area contributed by atoms with Gasteiger partial charge in [-0.05, 0) is 31.2 Å². The molecule has 0 N–H and O–H groups in total. The Kier molecular flexibility index (Phi) is 5.96. The van der Waals surface area contributed by atoms with Gasteiger partial charge in [-0.15, -0.1) is 0 Å². The van der Waals surface area contributed by atoms with Crippen molar-refractivity contribution in [2.45, 2.75) is 13.1 Å². The smallest absolute Gasteiger partial charge is 0.366 e. The Hall–Kier alpha value is -3.50. The fourth-order valence-electron chi connectivity index (χ4n) is 3.37. The first-order chi connectivity index (χ1) is 14.5. The molecule has 0 bridgehead atoms. The van der Waals surface area contributed by atoms with Crippen molar-refractivity contribution in [1.82, 2.24) is 4.90 Å². The number of piperazine rings is 1. The summed E-state index contributed by atoms with van der Waals surface area (Å²) in [5.41, 5.74) is -2.25. The zero-order valence-corrected chi connectivity index (χ0v) is 16.3. The van der Waals surface area contributed by atoms with Gasteiger partial charge in [0.15, 0.2) is 5.78 Å². The molecule has 0 atom stereocenters. The number of alkyl halides is 3. The number of ketones is 1. The number of non-ortho nitro benzene ring substituents is 1. The van der Waals surface area contributed by atoms with Crippen LogP contribution < -0.4 is 4.90 Å². The lowest BCUT2D eigenvalue weighted by Gasteiger charge is -2.36. The second-order valence-corrected chi connectivity index (χ2v) is 6.99. The highest BCUT2D eigenvalue weighted by molar-refractivity contribution is 5.97. The van der Waals surface area contributed by atoms with Crippen LogP contribution in [0.1, 0.15) is 33.2 Å². The highest BCUT2D eigenvalue weighted by Crippen LogP contribution is 2.34. The van der Waals surface area contributed by atoms with Crippen molar-refractivity contribution in [3.63, 3.8) is 0 Å². The van der Waals surface area contributed by atoms with Gasteiger partial charge < -0.3 is 9.80 Å². The van der Waals surface area contributed by atoms with E-state index >= 15 is 0 Å². The van der Waals surface area contributed by atoms with E-state index in [1.807, 2.05) is 0 Å². The molecule has 0 unspecified atom stereocenters. The fraction of sp³-hybridized carbons (Fsp3) is 0.300. The van der Waals surface area contributed by atoms with Gasteiger partial charge in [-0.1, -0.05) is 0 Å². The number of amides is 1. The lowest BCUT2D eigenvalue weighted by atomic mass is 10.0. The van der Waals surface area contributed by atoms with Crippen LogP contribution in [0.5, 0.6) is 0 Å². The molecule has 0 aromatic heterocycles. The molecule has 3 rings (SSSR count). The predicted molar refractivity (Wildman–Crippen MR) is 103 cm³/mol. The molecule has 1 heterocycles. The molecule has 0 radical (unpaired) electrons. The number of rotatable bonds is 4. The molecular weight excluding hydrogens is 422 g/mol. The van der Waals surface area contributed by atoms with Crippen molar-refractivity contribution < 1.29 is 32.1 Å². The number of nitro groups is 1. The summed E-state index contributed by atoms with van der Waals surface area (Å²) in [7, 11) is 0. The van der Waals surface area contributed by atoms with Crippen LogP contribution in [0.2, 0.25) is 0 Å². The number of hydrogen-bond acceptors (Lipinski definition) is 5. The second-order valence-electron chi connectivity index (χ2n) is 6.99. The van der Waals surface area contributed by atoms with Crippen molar-refractivity contribution in [1.29, 1.82) is 0 Å². The Morgan fingerprint density at radius 2 is 1.68 bits per heavy atom. The summed E-state index contributed by atoms with van der Waals surface area (Å²) in [6.45, 7) is 1.57. The summed E-state index contributed by atoms with van der Waals surface area (Å²) in [4.78, 5) is 36.9. The number of carbonyl (C=O) groups is 2. The van der Waals surface area contributed by atoms with E-state index in [4.69, 9.17) is 0 Å². The molecule has 31 heavy (non-hydrogen) atoms. The molecule has 0 spiro atoms. The molecule has 1 aliphatic rings. The van der Waals surface area contributed by atoms with Gasteiger partial charge in [0.1, 0.15) is 5.82 Å². The monoisotopic (exact) mass is 439 g/mol. The van der Waals surface area contributed by atoms with Crippen molar-refractivity contribution in [2.24, 2.45) is 0 Å². The number of benzene rings is 2. The molecule has 11 heteroatoms. The molecule has 1 aliphatic heterocycles. The average Bonchev–Trinajstić information content (AvgIpc) is 2.72. The summed E-state index contributed by atoms with van der Waals surface area (Å²) < 4.78 is 54.3. The summed E-state index contributed by atoms with van der Waals surface area (Å²) in [6, 6.07) is 5.85. The highest BCUT2D eigenvalue weighted by atomic mass is 19.4. The third kappa shape index (κ3) is 4.65. The average molecular weight is 439 g/mol. The first kappa shape index (κ1) is 22.2. The Morgan fingerprint density at radius 1 is 1.03 bits per heavy atom. The zero-order chi connectivity index (χ0) is 22.9. The molecule has 1 saturated heterocycles. The van der Waals surface area contributed by atoms with Crippen LogP contribution in [0.25, 0.3) is 0 Å². The minimum Gasteiger partial charge on any atom is -0.366 e. The maximum atomic E-state index is 14.4. The summed E-state index contributed by atoms with van der Waals surface area (Å²) in [6.07, 6.45) is -4.86. The van der Waals surface area contributed by atoms with Crippen molar-refractivity contribution in [2.75, 3.05) is 31.1 Å². The molecule has 7 nitrogen and oxygen atoms in total. The van der Waals surface area contributed by atoms with Crippen LogP contribution in [0.3, 0.4) is 0 Å². The van der Waals surface area contributed by atoms with Gasteiger partial charge in [0, 0.05) is 43.9 Å². The van der Waals surface area contributed by atoms with Crippen LogP contribution >= 0.6 is 0 Å². The number of nitrogens with zero attached hydrogens (tertiary/aromatic N) is 3. The molecule has 0 saturated carbocycles. The third-order valence-electron chi connectivity index (χ3n) is 5.01. The van der Waals surface area contributed by atoms with Gasteiger partial charge in [-0.3, -0.25) is 19.7 Å². The van der Waals surface area contributed by atoms with Gasteiger partial charge in [0.25, 0.3) is 11.6 Å². The van der Waals surface area contributed by atoms with Gasteiger partial charge in [0.05, 0.1) is 21.7 Å². The molecule has 2 aromatic rings. The second kappa shape index (κ2) is 8.32. The quantitative estimate of drug-likeness (QED) is 0.312. The number of Topliss-reactive ketones (excluding diaryl/α,β-unsaturated/α-hetero) is 1. The Balaban J connectivity index is 1.80. The molecule has 1 fully saturated rings. The Labute approximate surface area is 174 Å². The highest BCUT2D eigenvalue weighted by Gasteiger charge is 2.38. The predicted octanol–water partition coefficient (Wildman–Crippen LogP) is 3.92. The van der Waals surface area contributed by atoms with E-state index in [0.29, 0.717) is 18.2 Å². The maximum absolute atomic E-state index is 14.4. The van der Waals surface area contributed by atoms with Crippen LogP contribution in [0, 0.1) is 15.9 Å². The van der Waals surface area contributed by atoms with Gasteiger partial charge in [-0.25, -0.2) is 4.39 Å². The lowest BCUT2D eigenvalue weighted by Crippen LogP contribution is -2.49. The minimum absolute atomic E-state index is 0.00722. The first-order valence-corrected chi connectivity index (χ1v) is 9.19. The molecule has 0 aliphatic carbocycles. The van der Waals surface area contributed by atoms with E-state index in [1.165, 1.54) is 19.1 Å². The largest absolute Gasteiger partial charge is 0.417 e.